The van der Waals surface area contributed by atoms with E-state index in [9.17, 15) is 4.79 Å². The van der Waals surface area contributed by atoms with Crippen LogP contribution in [-0.2, 0) is 4.79 Å². The van der Waals surface area contributed by atoms with Crippen molar-refractivity contribution in [1.82, 2.24) is 19.9 Å². The van der Waals surface area contributed by atoms with Gasteiger partial charge in [0.25, 0.3) is 0 Å². The van der Waals surface area contributed by atoms with E-state index >= 15 is 0 Å². The molecule has 0 aromatic carbocycles. The molecule has 2 heterocycles. The van der Waals surface area contributed by atoms with Gasteiger partial charge in [-0.3, -0.25) is 4.79 Å². The molecular formula is C13H15N5O2. The average molecular weight is 273 g/mol. The molecule has 1 fully saturated rings. The molecule has 7 heteroatoms. The van der Waals surface area contributed by atoms with Gasteiger partial charge in [0, 0.05) is 6.04 Å². The van der Waals surface area contributed by atoms with Crippen LogP contribution in [0.3, 0.4) is 0 Å². The average Bonchev–Trinajstić information content (AvgIpc) is 2.48. The lowest BCUT2D eigenvalue weighted by molar-refractivity contribution is -0.142. The van der Waals surface area contributed by atoms with Gasteiger partial charge in [0.2, 0.25) is 5.95 Å². The Kier molecular flexibility index (Phi) is 3.41. The lowest BCUT2D eigenvalue weighted by Crippen LogP contribution is -2.29. The van der Waals surface area contributed by atoms with Gasteiger partial charge in [-0.2, -0.15) is 0 Å². The SMILES string of the molecule is O=C(O)C1CCC(Nc2ncc3ncncc3n2)CC1. The fourth-order valence-electron chi connectivity index (χ4n) is 2.52. The minimum Gasteiger partial charge on any atom is -0.481 e. The van der Waals surface area contributed by atoms with Crippen molar-refractivity contribution >= 4 is 23.0 Å². The van der Waals surface area contributed by atoms with Crippen LogP contribution in [0.4, 0.5) is 5.95 Å². The number of rotatable bonds is 3. The van der Waals surface area contributed by atoms with Crippen molar-refractivity contribution in [2.75, 3.05) is 5.32 Å². The topological polar surface area (TPSA) is 101 Å². The van der Waals surface area contributed by atoms with E-state index in [0.29, 0.717) is 29.8 Å². The molecule has 7 nitrogen and oxygen atoms in total. The third-order valence-electron chi connectivity index (χ3n) is 3.67. The Morgan fingerprint density at radius 2 is 1.95 bits per heavy atom. The summed E-state index contributed by atoms with van der Waals surface area (Å²) in [6.07, 6.45) is 7.82. The maximum Gasteiger partial charge on any atom is 0.306 e. The molecule has 0 amide bonds. The van der Waals surface area contributed by atoms with E-state index in [0.717, 1.165) is 12.8 Å². The summed E-state index contributed by atoms with van der Waals surface area (Å²) in [6, 6.07) is 0.229. The molecule has 0 unspecified atom stereocenters. The molecule has 3 rings (SSSR count). The van der Waals surface area contributed by atoms with Gasteiger partial charge in [-0.05, 0) is 25.7 Å². The van der Waals surface area contributed by atoms with Gasteiger partial charge in [-0.1, -0.05) is 0 Å². The molecule has 1 aliphatic carbocycles. The van der Waals surface area contributed by atoms with Gasteiger partial charge < -0.3 is 10.4 Å². The van der Waals surface area contributed by atoms with E-state index in [-0.39, 0.29) is 12.0 Å². The summed E-state index contributed by atoms with van der Waals surface area (Å²) in [5.41, 5.74) is 1.41. The molecule has 2 aromatic heterocycles. The summed E-state index contributed by atoms with van der Waals surface area (Å²) in [7, 11) is 0. The minimum atomic E-state index is -0.692. The maximum absolute atomic E-state index is 10.9. The van der Waals surface area contributed by atoms with Gasteiger partial charge in [0.1, 0.15) is 17.4 Å². The summed E-state index contributed by atoms with van der Waals surface area (Å²) in [5, 5.41) is 12.2. The number of aliphatic carboxylic acids is 1. The fraction of sp³-hybridized carbons (Fsp3) is 0.462. The molecule has 0 bridgehead atoms. The Morgan fingerprint density at radius 1 is 1.15 bits per heavy atom. The number of carbonyl (C=O) groups is 1. The molecule has 2 N–H and O–H groups in total. The molecule has 0 spiro atoms. The fourth-order valence-corrected chi connectivity index (χ4v) is 2.52. The summed E-state index contributed by atoms with van der Waals surface area (Å²) >= 11 is 0. The first-order valence-corrected chi connectivity index (χ1v) is 6.64. The summed E-state index contributed by atoms with van der Waals surface area (Å²) in [6.45, 7) is 0. The number of carboxylic acids is 1. The second-order valence-electron chi connectivity index (χ2n) is 5.02. The van der Waals surface area contributed by atoms with Crippen molar-refractivity contribution in [2.45, 2.75) is 31.7 Å². The number of hydrogen-bond acceptors (Lipinski definition) is 6. The van der Waals surface area contributed by atoms with Gasteiger partial charge in [-0.15, -0.1) is 0 Å². The van der Waals surface area contributed by atoms with Gasteiger partial charge in [0.05, 0.1) is 18.3 Å². The number of hydrogen-bond donors (Lipinski definition) is 2. The normalized spacial score (nSPS) is 22.6. The van der Waals surface area contributed by atoms with Crippen LogP contribution in [0.15, 0.2) is 18.7 Å². The van der Waals surface area contributed by atoms with Crippen LogP contribution in [-0.4, -0.2) is 37.1 Å². The van der Waals surface area contributed by atoms with Crippen LogP contribution in [0, 0.1) is 5.92 Å². The molecule has 1 aliphatic rings. The second kappa shape index (κ2) is 5.36. The standard InChI is InChI=1S/C13H15N5O2/c19-12(20)8-1-3-9(4-2-8)17-13-15-6-10-11(18-13)5-14-7-16-10/h5-9H,1-4H2,(H,19,20)(H,15,17,18). The predicted octanol–water partition coefficient (Wildman–Crippen LogP) is 1.48. The van der Waals surface area contributed by atoms with Crippen LogP contribution < -0.4 is 5.32 Å². The summed E-state index contributed by atoms with van der Waals surface area (Å²) < 4.78 is 0. The zero-order valence-corrected chi connectivity index (χ0v) is 10.9. The first kappa shape index (κ1) is 12.7. The lowest BCUT2D eigenvalue weighted by atomic mass is 9.86. The Morgan fingerprint density at radius 3 is 2.70 bits per heavy atom. The van der Waals surface area contributed by atoms with Gasteiger partial charge >= 0.3 is 5.97 Å². The van der Waals surface area contributed by atoms with Crippen LogP contribution in [0.1, 0.15) is 25.7 Å². The van der Waals surface area contributed by atoms with E-state index in [1.807, 2.05) is 0 Å². The first-order valence-electron chi connectivity index (χ1n) is 6.64. The Bertz CT molecular complexity index is 625. The predicted molar refractivity (Wildman–Crippen MR) is 72.1 cm³/mol. The number of nitrogens with one attached hydrogen (secondary N) is 1. The van der Waals surface area contributed by atoms with E-state index in [2.05, 4.69) is 25.3 Å². The molecule has 1 saturated carbocycles. The van der Waals surface area contributed by atoms with Crippen molar-refractivity contribution in [1.29, 1.82) is 0 Å². The summed E-state index contributed by atoms with van der Waals surface area (Å²) in [4.78, 5) is 27.5. The highest BCUT2D eigenvalue weighted by Crippen LogP contribution is 2.26. The van der Waals surface area contributed by atoms with Crippen LogP contribution in [0.5, 0.6) is 0 Å². The molecule has 2 aromatic rings. The number of fused-ring (bicyclic) bond motifs is 1. The maximum atomic E-state index is 10.9. The van der Waals surface area contributed by atoms with E-state index < -0.39 is 5.97 Å². The number of nitrogens with zero attached hydrogens (tertiary/aromatic N) is 4. The molecule has 104 valence electrons. The molecule has 0 atom stereocenters. The largest absolute Gasteiger partial charge is 0.481 e. The summed E-state index contributed by atoms with van der Waals surface area (Å²) in [5.74, 6) is -0.354. The third-order valence-corrected chi connectivity index (χ3v) is 3.67. The van der Waals surface area contributed by atoms with Crippen molar-refractivity contribution in [3.8, 4) is 0 Å². The highest BCUT2D eigenvalue weighted by Gasteiger charge is 2.26. The van der Waals surface area contributed by atoms with Crippen molar-refractivity contribution < 1.29 is 9.90 Å². The Balaban J connectivity index is 1.66. The van der Waals surface area contributed by atoms with Gasteiger partial charge in [0.15, 0.2) is 0 Å². The van der Waals surface area contributed by atoms with Gasteiger partial charge in [-0.25, -0.2) is 19.9 Å². The zero-order valence-electron chi connectivity index (χ0n) is 10.9. The van der Waals surface area contributed by atoms with Crippen molar-refractivity contribution in [2.24, 2.45) is 5.92 Å². The second-order valence-corrected chi connectivity index (χ2v) is 5.02. The van der Waals surface area contributed by atoms with Crippen LogP contribution in [0.25, 0.3) is 11.0 Å². The Labute approximate surface area is 115 Å². The molecule has 20 heavy (non-hydrogen) atoms. The quantitative estimate of drug-likeness (QED) is 0.873. The monoisotopic (exact) mass is 273 g/mol. The van der Waals surface area contributed by atoms with E-state index in [1.54, 1.807) is 12.4 Å². The van der Waals surface area contributed by atoms with E-state index in [1.165, 1.54) is 6.33 Å². The minimum absolute atomic E-state index is 0.209. The molecule has 0 aliphatic heterocycles. The third kappa shape index (κ3) is 2.66. The lowest BCUT2D eigenvalue weighted by Gasteiger charge is -2.26. The smallest absolute Gasteiger partial charge is 0.306 e. The van der Waals surface area contributed by atoms with Crippen LogP contribution >= 0.6 is 0 Å². The van der Waals surface area contributed by atoms with Crippen LogP contribution in [0.2, 0.25) is 0 Å². The number of carboxylic acid groups (broad SMARTS) is 1. The molecule has 0 saturated heterocycles. The molecular weight excluding hydrogens is 258 g/mol. The van der Waals surface area contributed by atoms with E-state index in [4.69, 9.17) is 5.11 Å². The highest BCUT2D eigenvalue weighted by molar-refractivity contribution is 5.72. The van der Waals surface area contributed by atoms with Crippen molar-refractivity contribution in [3.63, 3.8) is 0 Å². The first-order chi connectivity index (χ1) is 9.72. The number of aromatic nitrogens is 4. The Hall–Kier alpha value is -2.31. The van der Waals surface area contributed by atoms with Crippen molar-refractivity contribution in [3.05, 3.63) is 18.7 Å². The zero-order chi connectivity index (χ0) is 13.9. The number of anilines is 1. The highest BCUT2D eigenvalue weighted by atomic mass is 16.4. The molecule has 0 radical (unpaired) electrons.